The number of rotatable bonds is 8. The lowest BCUT2D eigenvalue weighted by Crippen LogP contribution is -2.44. The molecule has 25 nitrogen and oxygen atoms in total. The first-order chi connectivity index (χ1) is 32.6. The Bertz CT molecular complexity index is 2090. The molecule has 2 aliphatic heterocycles. The van der Waals surface area contributed by atoms with Gasteiger partial charge in [0, 0.05) is 25.5 Å². The molecule has 4 aromatic heterocycles. The maximum atomic E-state index is 12.4. The molecule has 2 amide bonds. The molecule has 0 aliphatic carbocycles. The van der Waals surface area contributed by atoms with E-state index in [1.54, 1.807) is 0 Å². The van der Waals surface area contributed by atoms with Crippen LogP contribution in [0.1, 0.15) is 33.3 Å². The first kappa shape index (κ1) is 17.1. The highest BCUT2D eigenvalue weighted by atomic mass is 16.3. The van der Waals surface area contributed by atoms with Crippen LogP contribution < -0.4 is 44.9 Å². The minimum atomic E-state index is -1.08. The number of hydrogen-bond donors (Lipinski definition) is 8. The van der Waals surface area contributed by atoms with Crippen molar-refractivity contribution in [2.75, 3.05) is 35.1 Å². The van der Waals surface area contributed by atoms with Crippen LogP contribution in [0.25, 0.3) is 0 Å². The maximum absolute atomic E-state index is 12.4. The van der Waals surface area contributed by atoms with Gasteiger partial charge in [0.1, 0.15) is 47.8 Å². The van der Waals surface area contributed by atoms with Crippen LogP contribution in [0.15, 0.2) is 46.8 Å². The molecule has 0 saturated carbocycles. The minimum Gasteiger partial charge on any atom is -0.412 e. The van der Waals surface area contributed by atoms with Gasteiger partial charge in [-0.1, -0.05) is 0 Å². The van der Waals surface area contributed by atoms with E-state index in [0.717, 1.165) is 32.4 Å². The number of aliphatic hydroxyl groups is 2. The second-order valence-corrected chi connectivity index (χ2v) is 8.80. The number of amides is 2. The molecule has 260 valence electrons. The Kier molecular flexibility index (Phi) is 5.77. The van der Waals surface area contributed by atoms with Gasteiger partial charge in [0.05, 0.1) is 12.7 Å². The first-order valence-electron chi connectivity index (χ1n) is 21.2. The number of β-amino-alcohol motifs (C(OH)–C–C–N with tert-alkyl or cyclic N) is 2. The molecule has 2 aliphatic rings. The summed E-state index contributed by atoms with van der Waals surface area (Å²) in [5, 5.41) is 10.9. The predicted octanol–water partition coefficient (Wildman–Crippen LogP) is -8.22. The number of anilines is 4. The van der Waals surface area contributed by atoms with Crippen molar-refractivity contribution in [3.8, 4) is 0 Å². The van der Waals surface area contributed by atoms with Crippen molar-refractivity contribution in [2.24, 2.45) is 11.4 Å². The van der Waals surface area contributed by atoms with E-state index in [1.165, 1.54) is 33.7 Å². The van der Waals surface area contributed by atoms with Gasteiger partial charge in [-0.15, -0.1) is 0 Å². The third-order valence-electron chi connectivity index (χ3n) is 6.22. The quantitative estimate of drug-likeness (QED) is 0.0849. The molecule has 0 aromatic carbocycles. The van der Waals surface area contributed by atoms with Crippen molar-refractivity contribution in [3.63, 3.8) is 0 Å². The smallest absolute Gasteiger partial charge is 0.351 e. The average Bonchev–Trinajstić information content (AvgIpc) is 3.94. The molecule has 0 fully saturated rings. The summed E-state index contributed by atoms with van der Waals surface area (Å²) in [7, 11) is 0. The SMILES string of the molecule is [2H]O[2H].[2H]O[2H].[2H]O[2H].[2H]O[2H].[2H]O[2H].[2H]O[C@H]1CN([2H])c2c(C(=O)N([2H])[2H])ncn2[C@H]1n1ccc(N([2H])[2H])nc1=O.[2H]O[C@H]1CN([2H])c2c(C(=O)N([2H])[2H])ncn2[C@H]1n1ccc(N([2H])[2H])nc1=O. The number of nitrogen functional groups attached to an aromatic ring is 2. The zero-order valence-corrected chi connectivity index (χ0v) is 22.9. The Hall–Kier alpha value is -5.96. The zero-order chi connectivity index (χ0) is 53.3. The second-order valence-electron chi connectivity index (χ2n) is 8.80. The van der Waals surface area contributed by atoms with Crippen LogP contribution in [0, 0.1) is 0 Å². The van der Waals surface area contributed by atoms with Crippen LogP contribution in [-0.2, 0) is 0 Å². The first-order valence-corrected chi connectivity index (χ1v) is 11.8. The summed E-state index contributed by atoms with van der Waals surface area (Å²) in [4.78, 5) is 63.5. The number of aliphatic hydroxyl groups excluding tert-OH is 2. The molecule has 0 radical (unpaired) electrons. The predicted molar refractivity (Wildman–Crippen MR) is 163 cm³/mol. The number of carbonyl (C=O) groups is 2. The number of imidazole rings is 2. The molecular weight excluding hydrogens is 636 g/mol. The second kappa shape index (κ2) is 15.9. The summed E-state index contributed by atoms with van der Waals surface area (Å²) in [5.74, 6) is -2.77. The van der Waals surface area contributed by atoms with Crippen LogP contribution in [0.5, 0.6) is 0 Å². The molecule has 47 heavy (non-hydrogen) atoms. The topological polar surface area (TPSA) is 466 Å². The Morgan fingerprint density at radius 1 is 0.809 bits per heavy atom. The van der Waals surface area contributed by atoms with E-state index in [4.69, 9.17) is 31.3 Å². The highest BCUT2D eigenvalue weighted by Crippen LogP contribution is 2.28. The number of carbonyl (C=O) groups excluding carboxylic acids is 2. The van der Waals surface area contributed by atoms with E-state index in [-0.39, 0.29) is 70.6 Å². The van der Waals surface area contributed by atoms with Gasteiger partial charge in [0.15, 0.2) is 25.5 Å². The van der Waals surface area contributed by atoms with E-state index < -0.39 is 47.7 Å². The van der Waals surface area contributed by atoms with E-state index >= 15 is 0 Å². The Balaban J connectivity index is 0.00000104. The summed E-state index contributed by atoms with van der Waals surface area (Å²) in [6.07, 6.45) is 0.602. The van der Waals surface area contributed by atoms with Crippen LogP contribution in [0.3, 0.4) is 0 Å². The number of nitrogens with zero attached hydrogens (tertiary/aromatic N) is 8. The van der Waals surface area contributed by atoms with Gasteiger partial charge >= 0.3 is 11.4 Å². The Labute approximate surface area is 294 Å². The highest BCUT2D eigenvalue weighted by Gasteiger charge is 2.34. The minimum absolute atomic E-state index is 0.0820. The largest absolute Gasteiger partial charge is 0.412 e. The van der Waals surface area contributed by atoms with Crippen molar-refractivity contribution in [1.29, 1.82) is 17.2 Å². The standard InChI is InChI=1S/2C11H13N7O3.5H2O/c2*12-6-1-2-17(11(21)16-6)10-5(19)3-14-9-7(8(13)20)15-4-18(9)10;;;;;/h2*1-2,4-5,10,14,19H,3H2,(H2,13,20)(H2,12,16,21);5*1H2/t2*5-,10+;;;;;/m00...../s1/i2*19D;;;;;/hD20. The van der Waals surface area contributed by atoms with Crippen molar-refractivity contribution < 1.29 is 61.3 Å². The lowest BCUT2D eigenvalue weighted by atomic mass is 10.2. The Morgan fingerprint density at radius 2 is 1.21 bits per heavy atom. The van der Waals surface area contributed by atoms with Crippen LogP contribution in [0.2, 0.25) is 14.1 Å². The summed E-state index contributed by atoms with van der Waals surface area (Å²) in [5.41, 5.74) is 11.3. The molecule has 6 heterocycles. The van der Waals surface area contributed by atoms with Crippen LogP contribution in [0.4, 0.5) is 23.3 Å². The van der Waals surface area contributed by atoms with E-state index in [9.17, 15) is 19.2 Å². The number of hydrogen-bond acceptors (Lipinski definition) is 14. The lowest BCUT2D eigenvalue weighted by Gasteiger charge is -2.32. The molecule has 4 atom stereocenters. The monoisotopic (exact) mass is 694 g/mol. The number of nitrogens with two attached hydrogens (primary N) is 4. The van der Waals surface area contributed by atoms with Crippen molar-refractivity contribution in [2.45, 2.75) is 24.5 Å². The van der Waals surface area contributed by atoms with Gasteiger partial charge in [-0.05, 0) is 12.1 Å². The fourth-order valence-electron chi connectivity index (χ4n) is 4.45. The van der Waals surface area contributed by atoms with Gasteiger partial charge < -0.3 is 71.1 Å². The summed E-state index contributed by atoms with van der Waals surface area (Å²) >= 11 is 0. The van der Waals surface area contributed by atoms with E-state index in [1.807, 2.05) is 0 Å². The molecular formula is C22H36N14O11. The number of fused-ring (bicyclic) bond motifs is 2. The van der Waals surface area contributed by atoms with E-state index in [0.29, 0.717) is 0 Å². The molecule has 25 heteroatoms. The average molecular weight is 695 g/mol. The molecule has 4 aromatic rings. The zero-order valence-electron chi connectivity index (χ0n) is 44.9. The summed E-state index contributed by atoms with van der Waals surface area (Å²) in [6.45, 7) is -0.430. The van der Waals surface area contributed by atoms with Crippen LogP contribution >= 0.6 is 0 Å². The summed E-state index contributed by atoms with van der Waals surface area (Å²) < 4.78 is 146. The lowest BCUT2D eigenvalue weighted by molar-refractivity contribution is 0.0959. The van der Waals surface area contributed by atoms with Crippen molar-refractivity contribution >= 4 is 35.1 Å². The van der Waals surface area contributed by atoms with Crippen LogP contribution in [-0.4, -0.2) is 130 Å². The number of nitrogens with one attached hydrogen (secondary N) is 2. The number of aromatic nitrogens is 8. The number of primary amides is 2. The Morgan fingerprint density at radius 3 is 1.53 bits per heavy atom. The van der Waals surface area contributed by atoms with Crippen molar-refractivity contribution in [3.05, 3.63) is 69.5 Å². The molecule has 0 unspecified atom stereocenters. The fourth-order valence-corrected chi connectivity index (χ4v) is 4.45. The molecule has 6 rings (SSSR count). The van der Waals surface area contributed by atoms with E-state index in [2.05, 4.69) is 57.6 Å². The van der Waals surface area contributed by atoms with Gasteiger partial charge in [0.2, 0.25) is 17.2 Å². The maximum Gasteiger partial charge on any atom is 0.351 e. The van der Waals surface area contributed by atoms with Crippen molar-refractivity contribution in [1.82, 2.24) is 38.2 Å². The van der Waals surface area contributed by atoms with Gasteiger partial charge in [0.25, 0.3) is 11.8 Å². The molecule has 0 saturated heterocycles. The molecule has 0 bridgehead atoms. The third-order valence-corrected chi connectivity index (χ3v) is 6.22. The van der Waals surface area contributed by atoms with Gasteiger partial charge in [-0.3, -0.25) is 27.9 Å². The molecule has 22 N–H and O–H groups in total. The van der Waals surface area contributed by atoms with Gasteiger partial charge in [-0.2, -0.15) is 9.97 Å². The summed E-state index contributed by atoms with van der Waals surface area (Å²) in [6, 6.07) is 2.46. The molecule has 0 spiro atoms. The fraction of sp³-hybridized carbons (Fsp3) is 0.273. The highest BCUT2D eigenvalue weighted by molar-refractivity contribution is 5.96. The van der Waals surface area contributed by atoms with Gasteiger partial charge in [-0.25, -0.2) is 19.6 Å². The normalized spacial score (nSPS) is 24.2. The third kappa shape index (κ3) is 7.48.